The van der Waals surface area contributed by atoms with Gasteiger partial charge in [-0.05, 0) is 37.6 Å². The van der Waals surface area contributed by atoms with Crippen molar-refractivity contribution in [2.75, 3.05) is 19.0 Å². The summed E-state index contributed by atoms with van der Waals surface area (Å²) in [6, 6.07) is 4.94. The number of benzene rings is 1. The van der Waals surface area contributed by atoms with Crippen molar-refractivity contribution in [2.45, 2.75) is 26.8 Å². The molecule has 0 fully saturated rings. The summed E-state index contributed by atoms with van der Waals surface area (Å²) >= 11 is 0. The minimum Gasteiger partial charge on any atom is -0.482 e. The first-order valence-electron chi connectivity index (χ1n) is 6.72. The van der Waals surface area contributed by atoms with Gasteiger partial charge in [0.25, 0.3) is 0 Å². The fourth-order valence-corrected chi connectivity index (χ4v) is 1.55. The Morgan fingerprint density at radius 2 is 1.95 bits per heavy atom. The van der Waals surface area contributed by atoms with Crippen molar-refractivity contribution in [3.8, 4) is 5.75 Å². The molecule has 1 amide bonds. The van der Waals surface area contributed by atoms with E-state index in [0.29, 0.717) is 11.4 Å². The molecular weight excluding hydrogens is 308 g/mol. The Hall–Kier alpha value is -1.79. The fourth-order valence-electron chi connectivity index (χ4n) is 1.55. The molecule has 2 unspecified atom stereocenters. The van der Waals surface area contributed by atoms with Crippen LogP contribution in [0.1, 0.15) is 19.4 Å². The number of nitrogens with two attached hydrogens (primary N) is 1. The normalized spacial score (nSPS) is 12.6. The van der Waals surface area contributed by atoms with E-state index < -0.39 is 5.97 Å². The highest BCUT2D eigenvalue weighted by molar-refractivity contribution is 5.93. The lowest BCUT2D eigenvalue weighted by Crippen LogP contribution is -2.34. The van der Waals surface area contributed by atoms with Crippen molar-refractivity contribution in [3.63, 3.8) is 0 Å². The molecular formula is C15H23ClN2O4. The van der Waals surface area contributed by atoms with Crippen LogP contribution in [0.3, 0.4) is 0 Å². The topological polar surface area (TPSA) is 90.6 Å². The number of hydrogen-bond donors (Lipinski definition) is 2. The van der Waals surface area contributed by atoms with Crippen molar-refractivity contribution in [3.05, 3.63) is 23.8 Å². The number of hydrogen-bond acceptors (Lipinski definition) is 5. The first kappa shape index (κ1) is 20.2. The van der Waals surface area contributed by atoms with E-state index in [9.17, 15) is 9.59 Å². The highest BCUT2D eigenvalue weighted by Gasteiger charge is 2.17. The van der Waals surface area contributed by atoms with Crippen molar-refractivity contribution < 1.29 is 19.1 Å². The molecule has 22 heavy (non-hydrogen) atoms. The molecule has 0 aliphatic carbocycles. The van der Waals surface area contributed by atoms with Gasteiger partial charge in [0, 0.05) is 11.7 Å². The van der Waals surface area contributed by atoms with Crippen LogP contribution in [0.4, 0.5) is 5.69 Å². The molecule has 0 aromatic heterocycles. The third-order valence-corrected chi connectivity index (χ3v) is 3.24. The number of anilines is 1. The number of esters is 1. The Balaban J connectivity index is 0.00000441. The molecule has 0 radical (unpaired) electrons. The van der Waals surface area contributed by atoms with Gasteiger partial charge in [-0.25, -0.2) is 4.79 Å². The maximum Gasteiger partial charge on any atom is 0.343 e. The van der Waals surface area contributed by atoms with Crippen LogP contribution >= 0.6 is 12.4 Å². The van der Waals surface area contributed by atoms with E-state index in [4.69, 9.17) is 10.5 Å². The van der Waals surface area contributed by atoms with Crippen LogP contribution in [0.25, 0.3) is 0 Å². The van der Waals surface area contributed by atoms with Crippen LogP contribution in [0, 0.1) is 12.8 Å². The zero-order chi connectivity index (χ0) is 16.0. The van der Waals surface area contributed by atoms with Gasteiger partial charge < -0.3 is 20.5 Å². The van der Waals surface area contributed by atoms with E-state index in [1.54, 1.807) is 32.0 Å². The SMILES string of the molecule is COC(=O)COc1ccc(NC(=O)C(C)C(C)N)c(C)c1.Cl. The van der Waals surface area contributed by atoms with Crippen LogP contribution in [0.2, 0.25) is 0 Å². The second-order valence-corrected chi connectivity index (χ2v) is 4.98. The van der Waals surface area contributed by atoms with Crippen LogP contribution in [-0.4, -0.2) is 31.6 Å². The lowest BCUT2D eigenvalue weighted by molar-refractivity contribution is -0.142. The third kappa shape index (κ3) is 5.91. The lowest BCUT2D eigenvalue weighted by Gasteiger charge is -2.17. The molecule has 0 aliphatic rings. The Morgan fingerprint density at radius 1 is 1.32 bits per heavy atom. The van der Waals surface area contributed by atoms with E-state index in [1.165, 1.54) is 7.11 Å². The summed E-state index contributed by atoms with van der Waals surface area (Å²) in [4.78, 5) is 23.0. The van der Waals surface area contributed by atoms with Gasteiger partial charge in [0.1, 0.15) is 5.75 Å². The molecule has 1 aromatic rings. The summed E-state index contributed by atoms with van der Waals surface area (Å²) < 4.78 is 9.77. The van der Waals surface area contributed by atoms with Gasteiger partial charge in [0.2, 0.25) is 5.91 Å². The number of aryl methyl sites for hydroxylation is 1. The van der Waals surface area contributed by atoms with Gasteiger partial charge in [-0.15, -0.1) is 12.4 Å². The van der Waals surface area contributed by atoms with E-state index >= 15 is 0 Å². The number of amides is 1. The Morgan fingerprint density at radius 3 is 2.45 bits per heavy atom. The summed E-state index contributed by atoms with van der Waals surface area (Å²) in [6.07, 6.45) is 0. The number of nitrogens with one attached hydrogen (secondary N) is 1. The summed E-state index contributed by atoms with van der Waals surface area (Å²) in [7, 11) is 1.30. The molecule has 2 atom stereocenters. The second-order valence-electron chi connectivity index (χ2n) is 4.98. The predicted octanol–water partition coefficient (Wildman–Crippen LogP) is 1.89. The Bertz CT molecular complexity index is 520. The standard InChI is InChI=1S/C15H22N2O4.ClH/c1-9-7-12(21-8-14(18)20-4)5-6-13(9)17-15(19)10(2)11(3)16;/h5-7,10-11H,8,16H2,1-4H3,(H,17,19);1H. The highest BCUT2D eigenvalue weighted by Crippen LogP contribution is 2.22. The summed E-state index contributed by atoms with van der Waals surface area (Å²) in [5.74, 6) is -0.317. The molecule has 0 aliphatic heterocycles. The smallest absolute Gasteiger partial charge is 0.343 e. The summed E-state index contributed by atoms with van der Waals surface area (Å²) in [6.45, 7) is 5.27. The predicted molar refractivity (Wildman–Crippen MR) is 87.4 cm³/mol. The minimum absolute atomic E-state index is 0. The second kappa shape index (κ2) is 9.27. The monoisotopic (exact) mass is 330 g/mol. The van der Waals surface area contributed by atoms with Gasteiger partial charge in [-0.2, -0.15) is 0 Å². The quantitative estimate of drug-likeness (QED) is 0.777. The van der Waals surface area contributed by atoms with E-state index in [1.807, 2.05) is 6.92 Å². The zero-order valence-corrected chi connectivity index (χ0v) is 14.0. The van der Waals surface area contributed by atoms with Gasteiger partial charge in [-0.1, -0.05) is 6.92 Å². The van der Waals surface area contributed by atoms with Crippen LogP contribution in [0.5, 0.6) is 5.75 Å². The number of ether oxygens (including phenoxy) is 2. The van der Waals surface area contributed by atoms with Gasteiger partial charge in [0.15, 0.2) is 6.61 Å². The first-order chi connectivity index (χ1) is 9.85. The van der Waals surface area contributed by atoms with Gasteiger partial charge >= 0.3 is 5.97 Å². The highest BCUT2D eigenvalue weighted by atomic mass is 35.5. The fraction of sp³-hybridized carbons (Fsp3) is 0.467. The third-order valence-electron chi connectivity index (χ3n) is 3.24. The number of carbonyl (C=O) groups is 2. The molecule has 124 valence electrons. The summed E-state index contributed by atoms with van der Waals surface area (Å²) in [5.41, 5.74) is 7.24. The number of methoxy groups -OCH3 is 1. The molecule has 0 bridgehead atoms. The number of rotatable bonds is 6. The molecule has 1 rings (SSSR count). The molecule has 6 nitrogen and oxygen atoms in total. The van der Waals surface area contributed by atoms with Crippen molar-refractivity contribution >= 4 is 30.0 Å². The molecule has 0 saturated carbocycles. The average molecular weight is 331 g/mol. The maximum absolute atomic E-state index is 12.0. The van der Waals surface area contributed by atoms with E-state index in [2.05, 4.69) is 10.1 Å². The molecule has 0 heterocycles. The number of halogens is 1. The van der Waals surface area contributed by atoms with Gasteiger partial charge in [0.05, 0.1) is 13.0 Å². The van der Waals surface area contributed by atoms with Crippen LogP contribution in [0.15, 0.2) is 18.2 Å². The first-order valence-corrected chi connectivity index (χ1v) is 6.72. The number of carbonyl (C=O) groups excluding carboxylic acids is 2. The molecule has 3 N–H and O–H groups in total. The Kier molecular flexibility index (Phi) is 8.52. The van der Waals surface area contributed by atoms with E-state index in [-0.39, 0.29) is 36.9 Å². The minimum atomic E-state index is -0.448. The Labute approximate surface area is 136 Å². The van der Waals surface area contributed by atoms with Crippen LogP contribution < -0.4 is 15.8 Å². The average Bonchev–Trinajstić information content (AvgIpc) is 2.46. The van der Waals surface area contributed by atoms with Crippen LogP contribution in [-0.2, 0) is 14.3 Å². The van der Waals surface area contributed by atoms with Gasteiger partial charge in [-0.3, -0.25) is 4.79 Å². The lowest BCUT2D eigenvalue weighted by atomic mass is 10.0. The summed E-state index contributed by atoms with van der Waals surface area (Å²) in [5, 5.41) is 2.83. The van der Waals surface area contributed by atoms with E-state index in [0.717, 1.165) is 5.56 Å². The molecule has 0 saturated heterocycles. The van der Waals surface area contributed by atoms with Crippen molar-refractivity contribution in [2.24, 2.45) is 11.7 Å². The molecule has 7 heteroatoms. The zero-order valence-electron chi connectivity index (χ0n) is 13.2. The molecule has 1 aromatic carbocycles. The van der Waals surface area contributed by atoms with Crippen molar-refractivity contribution in [1.29, 1.82) is 0 Å². The molecule has 0 spiro atoms. The maximum atomic E-state index is 12.0. The largest absolute Gasteiger partial charge is 0.482 e. The van der Waals surface area contributed by atoms with Crippen molar-refractivity contribution in [1.82, 2.24) is 0 Å².